The third-order valence-electron chi connectivity index (χ3n) is 6.16. The van der Waals surface area contributed by atoms with Crippen molar-refractivity contribution in [2.24, 2.45) is 0 Å². The number of amides is 2. The number of hydrogen-bond donors (Lipinski definition) is 2. The van der Waals surface area contributed by atoms with Crippen molar-refractivity contribution in [3.8, 4) is 11.5 Å². The minimum absolute atomic E-state index is 0.0439. The molecule has 1 saturated heterocycles. The molecular formula is C28H30N4O4S. The number of aryl methyl sites for hydroxylation is 1. The molecule has 0 radical (unpaired) electrons. The Kier molecular flexibility index (Phi) is 8.25. The Balaban J connectivity index is 1.30. The lowest BCUT2D eigenvalue weighted by Gasteiger charge is -2.36. The Morgan fingerprint density at radius 3 is 2.08 bits per heavy atom. The molecule has 2 amide bonds. The van der Waals surface area contributed by atoms with Crippen LogP contribution in [-0.4, -0.2) is 62.2 Å². The Morgan fingerprint density at radius 1 is 0.838 bits per heavy atom. The largest absolute Gasteiger partial charge is 0.497 e. The van der Waals surface area contributed by atoms with Crippen LogP contribution in [0.3, 0.4) is 0 Å². The Morgan fingerprint density at radius 2 is 1.49 bits per heavy atom. The van der Waals surface area contributed by atoms with E-state index in [9.17, 15) is 9.59 Å². The Bertz CT molecular complexity index is 1270. The topological polar surface area (TPSA) is 83.1 Å². The Labute approximate surface area is 222 Å². The monoisotopic (exact) mass is 518 g/mol. The summed E-state index contributed by atoms with van der Waals surface area (Å²) in [7, 11) is 3.13. The minimum Gasteiger partial charge on any atom is -0.497 e. The Hall–Kier alpha value is -4.11. The molecule has 0 saturated carbocycles. The summed E-state index contributed by atoms with van der Waals surface area (Å²) in [5.74, 6) is 0.878. The molecule has 0 atom stereocenters. The highest BCUT2D eigenvalue weighted by molar-refractivity contribution is 7.80. The second-order valence-corrected chi connectivity index (χ2v) is 9.11. The molecule has 0 aliphatic carbocycles. The molecule has 3 aromatic carbocycles. The van der Waals surface area contributed by atoms with Gasteiger partial charge < -0.3 is 24.6 Å². The first-order valence-electron chi connectivity index (χ1n) is 11.9. The van der Waals surface area contributed by atoms with Crippen LogP contribution in [0.4, 0.5) is 11.4 Å². The van der Waals surface area contributed by atoms with Crippen LogP contribution in [0, 0.1) is 6.92 Å². The fourth-order valence-electron chi connectivity index (χ4n) is 4.16. The third-order valence-corrected chi connectivity index (χ3v) is 6.37. The van der Waals surface area contributed by atoms with Gasteiger partial charge in [0.05, 0.1) is 14.2 Å². The van der Waals surface area contributed by atoms with Crippen molar-refractivity contribution in [3.05, 3.63) is 83.4 Å². The van der Waals surface area contributed by atoms with E-state index in [1.165, 1.54) is 0 Å². The number of carbonyl (C=O) groups excluding carboxylic acids is 2. The van der Waals surface area contributed by atoms with Gasteiger partial charge in [0.2, 0.25) is 0 Å². The molecule has 9 heteroatoms. The second kappa shape index (κ2) is 11.7. The molecule has 4 rings (SSSR count). The van der Waals surface area contributed by atoms with Crippen LogP contribution >= 0.6 is 12.2 Å². The maximum absolute atomic E-state index is 13.1. The zero-order valence-electron chi connectivity index (χ0n) is 21.1. The maximum Gasteiger partial charge on any atom is 0.257 e. The zero-order chi connectivity index (χ0) is 26.4. The molecule has 1 fully saturated rings. The van der Waals surface area contributed by atoms with E-state index < -0.39 is 0 Å². The molecule has 1 aliphatic rings. The summed E-state index contributed by atoms with van der Waals surface area (Å²) in [5.41, 5.74) is 3.94. The van der Waals surface area contributed by atoms with E-state index >= 15 is 0 Å². The van der Waals surface area contributed by atoms with E-state index in [4.69, 9.17) is 21.7 Å². The average Bonchev–Trinajstić information content (AvgIpc) is 2.92. The summed E-state index contributed by atoms with van der Waals surface area (Å²) in [6, 6.07) is 20.4. The highest BCUT2D eigenvalue weighted by atomic mass is 32.1. The predicted octanol–water partition coefficient (Wildman–Crippen LogP) is 4.10. The predicted molar refractivity (Wildman–Crippen MR) is 149 cm³/mol. The number of ether oxygens (including phenoxy) is 2. The molecule has 37 heavy (non-hydrogen) atoms. The highest BCUT2D eigenvalue weighted by Crippen LogP contribution is 2.25. The molecule has 0 bridgehead atoms. The SMILES string of the molecule is COc1cc(OC)cc(C(=O)N2CCN(c3ccc(NC(=S)NC(=O)c4cccc(C)c4)cc3)CC2)c1. The first-order valence-corrected chi connectivity index (χ1v) is 12.3. The number of hydrogen-bond acceptors (Lipinski definition) is 6. The zero-order valence-corrected chi connectivity index (χ0v) is 21.9. The molecule has 8 nitrogen and oxygen atoms in total. The summed E-state index contributed by atoms with van der Waals surface area (Å²) < 4.78 is 10.6. The molecule has 1 aliphatic heterocycles. The average molecular weight is 519 g/mol. The molecule has 0 unspecified atom stereocenters. The van der Waals surface area contributed by atoms with Gasteiger partial charge in [0.15, 0.2) is 5.11 Å². The van der Waals surface area contributed by atoms with Gasteiger partial charge >= 0.3 is 0 Å². The lowest BCUT2D eigenvalue weighted by molar-refractivity contribution is 0.0745. The number of thiocarbonyl (C=S) groups is 1. The van der Waals surface area contributed by atoms with E-state index in [0.717, 1.165) is 16.9 Å². The fraction of sp³-hybridized carbons (Fsp3) is 0.250. The number of benzene rings is 3. The number of anilines is 2. The number of methoxy groups -OCH3 is 2. The van der Waals surface area contributed by atoms with E-state index in [2.05, 4.69) is 15.5 Å². The summed E-state index contributed by atoms with van der Waals surface area (Å²) in [6.07, 6.45) is 0. The normalized spacial score (nSPS) is 13.1. The van der Waals surface area contributed by atoms with Crippen molar-refractivity contribution in [1.82, 2.24) is 10.2 Å². The van der Waals surface area contributed by atoms with Crippen LogP contribution in [0.15, 0.2) is 66.7 Å². The van der Waals surface area contributed by atoms with Gasteiger partial charge in [-0.2, -0.15) is 0 Å². The highest BCUT2D eigenvalue weighted by Gasteiger charge is 2.23. The number of carbonyl (C=O) groups is 2. The molecule has 192 valence electrons. The van der Waals surface area contributed by atoms with Crippen molar-refractivity contribution in [3.63, 3.8) is 0 Å². The van der Waals surface area contributed by atoms with Gasteiger partial charge in [-0.25, -0.2) is 0 Å². The van der Waals surface area contributed by atoms with Crippen LogP contribution in [0.5, 0.6) is 11.5 Å². The number of nitrogens with one attached hydrogen (secondary N) is 2. The summed E-state index contributed by atoms with van der Waals surface area (Å²) in [5, 5.41) is 6.00. The molecular weight excluding hydrogens is 488 g/mol. The van der Waals surface area contributed by atoms with Crippen molar-refractivity contribution in [1.29, 1.82) is 0 Å². The lowest BCUT2D eigenvalue weighted by Crippen LogP contribution is -2.48. The first kappa shape index (κ1) is 26.0. The molecule has 0 aromatic heterocycles. The number of rotatable bonds is 6. The van der Waals surface area contributed by atoms with Gasteiger partial charge in [-0.15, -0.1) is 0 Å². The summed E-state index contributed by atoms with van der Waals surface area (Å²) in [6.45, 7) is 4.57. The number of nitrogens with zero attached hydrogens (tertiary/aromatic N) is 2. The van der Waals surface area contributed by atoms with E-state index in [0.29, 0.717) is 48.8 Å². The van der Waals surface area contributed by atoms with Crippen molar-refractivity contribution in [2.75, 3.05) is 50.6 Å². The molecule has 1 heterocycles. The van der Waals surface area contributed by atoms with Crippen LogP contribution < -0.4 is 25.0 Å². The molecule has 3 aromatic rings. The van der Waals surface area contributed by atoms with Gasteiger partial charge in [-0.05, 0) is 67.7 Å². The van der Waals surface area contributed by atoms with Crippen molar-refractivity contribution >= 4 is 40.5 Å². The quantitative estimate of drug-likeness (QED) is 0.476. The smallest absolute Gasteiger partial charge is 0.257 e. The van der Waals surface area contributed by atoms with Gasteiger partial charge in [0.1, 0.15) is 11.5 Å². The lowest BCUT2D eigenvalue weighted by atomic mass is 10.1. The second-order valence-electron chi connectivity index (χ2n) is 8.71. The van der Waals surface area contributed by atoms with Crippen molar-refractivity contribution < 1.29 is 19.1 Å². The molecule has 2 N–H and O–H groups in total. The van der Waals surface area contributed by atoms with Gasteiger partial charge in [0, 0.05) is 54.7 Å². The van der Waals surface area contributed by atoms with Crippen LogP contribution in [0.2, 0.25) is 0 Å². The minimum atomic E-state index is -0.252. The van der Waals surface area contributed by atoms with Gasteiger partial charge in [-0.3, -0.25) is 14.9 Å². The fourth-order valence-corrected chi connectivity index (χ4v) is 4.37. The van der Waals surface area contributed by atoms with E-state index in [-0.39, 0.29) is 16.9 Å². The van der Waals surface area contributed by atoms with Crippen molar-refractivity contribution in [2.45, 2.75) is 6.92 Å². The standard InChI is InChI=1S/C28H30N4O4S/c1-19-5-4-6-20(15-19)26(33)30-28(37)29-22-7-9-23(10-8-22)31-11-13-32(14-12-31)27(34)21-16-24(35-2)18-25(17-21)36-3/h4-10,15-18H,11-14H2,1-3H3,(H2,29,30,33,37). The summed E-state index contributed by atoms with van der Waals surface area (Å²) in [4.78, 5) is 29.5. The van der Waals surface area contributed by atoms with Crippen LogP contribution in [0.1, 0.15) is 26.3 Å². The van der Waals surface area contributed by atoms with Crippen LogP contribution in [-0.2, 0) is 0 Å². The van der Waals surface area contributed by atoms with Gasteiger partial charge in [-0.1, -0.05) is 17.7 Å². The third kappa shape index (κ3) is 6.56. The maximum atomic E-state index is 13.1. The van der Waals surface area contributed by atoms with E-state index in [1.54, 1.807) is 38.5 Å². The first-order chi connectivity index (χ1) is 17.9. The van der Waals surface area contributed by atoms with E-state index in [1.807, 2.05) is 54.3 Å². The molecule has 0 spiro atoms. The number of piperazine rings is 1. The van der Waals surface area contributed by atoms with Crippen LogP contribution in [0.25, 0.3) is 0 Å². The van der Waals surface area contributed by atoms with Gasteiger partial charge in [0.25, 0.3) is 11.8 Å². The summed E-state index contributed by atoms with van der Waals surface area (Å²) >= 11 is 5.31.